The van der Waals surface area contributed by atoms with E-state index in [1.54, 1.807) is 12.1 Å². The second-order valence-corrected chi connectivity index (χ2v) is 5.44. The Labute approximate surface area is 122 Å². The fraction of sp³-hybridized carbons (Fsp3) is 0.467. The van der Waals surface area contributed by atoms with Gasteiger partial charge < -0.3 is 4.74 Å². The summed E-state index contributed by atoms with van der Waals surface area (Å²) >= 11 is 0. The average Bonchev–Trinajstić information content (AvgIpc) is 3.07. The van der Waals surface area contributed by atoms with Crippen molar-refractivity contribution < 1.29 is 19.1 Å². The van der Waals surface area contributed by atoms with Gasteiger partial charge in [0.05, 0.1) is 36.7 Å². The molecular formula is C15H16N2O4. The van der Waals surface area contributed by atoms with Gasteiger partial charge in [-0.2, -0.15) is 0 Å². The molecule has 0 bridgehead atoms. The quantitative estimate of drug-likeness (QED) is 0.616. The van der Waals surface area contributed by atoms with Crippen LogP contribution in [0.2, 0.25) is 0 Å². The van der Waals surface area contributed by atoms with Crippen molar-refractivity contribution in [2.75, 3.05) is 7.11 Å². The Bertz CT molecular complexity index is 574. The van der Waals surface area contributed by atoms with Gasteiger partial charge in [0.25, 0.3) is 0 Å². The van der Waals surface area contributed by atoms with E-state index in [-0.39, 0.29) is 30.2 Å². The Morgan fingerprint density at radius 3 is 2.48 bits per heavy atom. The van der Waals surface area contributed by atoms with E-state index in [1.165, 1.54) is 18.2 Å². The molecule has 2 amide bonds. The first-order valence-electron chi connectivity index (χ1n) is 7.00. The number of carbonyl (C=O) groups is 3. The Morgan fingerprint density at radius 2 is 1.95 bits per heavy atom. The summed E-state index contributed by atoms with van der Waals surface area (Å²) in [5.74, 6) is -0.890. The van der Waals surface area contributed by atoms with Crippen LogP contribution in [0.1, 0.15) is 35.3 Å². The van der Waals surface area contributed by atoms with Gasteiger partial charge in [-0.3, -0.25) is 19.5 Å². The summed E-state index contributed by atoms with van der Waals surface area (Å²) < 4.78 is 4.60. The van der Waals surface area contributed by atoms with Gasteiger partial charge in [0.2, 0.25) is 11.8 Å². The minimum atomic E-state index is -0.461. The Balaban J connectivity index is 1.73. The van der Waals surface area contributed by atoms with E-state index in [0.29, 0.717) is 11.3 Å². The van der Waals surface area contributed by atoms with Crippen LogP contribution < -0.4 is 0 Å². The molecule has 110 valence electrons. The highest BCUT2D eigenvalue weighted by Gasteiger charge is 2.49. The zero-order valence-electron chi connectivity index (χ0n) is 11.7. The molecule has 2 unspecified atom stereocenters. The predicted molar refractivity (Wildman–Crippen MR) is 72.0 cm³/mol. The van der Waals surface area contributed by atoms with E-state index in [9.17, 15) is 14.4 Å². The van der Waals surface area contributed by atoms with Crippen LogP contribution in [0, 0.1) is 11.8 Å². The van der Waals surface area contributed by atoms with E-state index >= 15 is 0 Å². The molecule has 1 aliphatic carbocycles. The fourth-order valence-corrected chi connectivity index (χ4v) is 3.13. The zero-order chi connectivity index (χ0) is 15.0. The zero-order valence-corrected chi connectivity index (χ0v) is 11.7. The Hall–Kier alpha value is -2.24. The molecule has 0 aromatic carbocycles. The monoisotopic (exact) mass is 288 g/mol. The second kappa shape index (κ2) is 5.27. The van der Waals surface area contributed by atoms with E-state index in [4.69, 9.17) is 0 Å². The van der Waals surface area contributed by atoms with Crippen molar-refractivity contribution in [3.63, 3.8) is 0 Å². The molecule has 0 radical (unpaired) electrons. The summed E-state index contributed by atoms with van der Waals surface area (Å²) in [5.41, 5.74) is 0.932. The number of hydrogen-bond donors (Lipinski definition) is 0. The lowest BCUT2D eigenvalue weighted by molar-refractivity contribution is -0.141. The molecular weight excluding hydrogens is 272 g/mol. The van der Waals surface area contributed by atoms with Crippen LogP contribution in [0.15, 0.2) is 18.3 Å². The van der Waals surface area contributed by atoms with Gasteiger partial charge in [-0.25, -0.2) is 4.79 Å². The molecule has 2 aliphatic rings. The number of pyridine rings is 1. The SMILES string of the molecule is COC(=O)c1ccc(CN2C(=O)C3CCCC3C2=O)nc1. The number of imide groups is 1. The number of aromatic nitrogens is 1. The van der Waals surface area contributed by atoms with Crippen molar-refractivity contribution in [2.24, 2.45) is 11.8 Å². The van der Waals surface area contributed by atoms with Crippen LogP contribution in [0.5, 0.6) is 0 Å². The molecule has 1 saturated carbocycles. The first kappa shape index (κ1) is 13.7. The van der Waals surface area contributed by atoms with Gasteiger partial charge in [-0.05, 0) is 25.0 Å². The number of hydrogen-bond acceptors (Lipinski definition) is 5. The first-order valence-corrected chi connectivity index (χ1v) is 7.00. The lowest BCUT2D eigenvalue weighted by Gasteiger charge is -2.15. The molecule has 1 saturated heterocycles. The number of fused-ring (bicyclic) bond motifs is 1. The molecule has 0 spiro atoms. The molecule has 2 heterocycles. The van der Waals surface area contributed by atoms with E-state index in [2.05, 4.69) is 9.72 Å². The summed E-state index contributed by atoms with van der Waals surface area (Å²) in [5, 5.41) is 0. The van der Waals surface area contributed by atoms with Crippen LogP contribution in [0.3, 0.4) is 0 Å². The molecule has 0 N–H and O–H groups in total. The summed E-state index contributed by atoms with van der Waals surface area (Å²) in [4.78, 5) is 41.2. The highest BCUT2D eigenvalue weighted by atomic mass is 16.5. The summed E-state index contributed by atoms with van der Waals surface area (Å²) in [7, 11) is 1.30. The molecule has 6 heteroatoms. The maximum absolute atomic E-state index is 12.2. The van der Waals surface area contributed by atoms with E-state index in [0.717, 1.165) is 19.3 Å². The average molecular weight is 288 g/mol. The highest BCUT2D eigenvalue weighted by Crippen LogP contribution is 2.40. The standard InChI is InChI=1S/C15H16N2O4/c1-21-15(20)9-5-6-10(16-7-9)8-17-13(18)11-3-2-4-12(11)14(17)19/h5-7,11-12H,2-4,8H2,1H3. The molecule has 1 aliphatic heterocycles. The fourth-order valence-electron chi connectivity index (χ4n) is 3.13. The van der Waals surface area contributed by atoms with E-state index in [1.807, 2.05) is 0 Å². The van der Waals surface area contributed by atoms with Gasteiger partial charge in [0, 0.05) is 6.20 Å². The number of carbonyl (C=O) groups excluding carboxylic acids is 3. The van der Waals surface area contributed by atoms with Crippen molar-refractivity contribution in [2.45, 2.75) is 25.8 Å². The number of rotatable bonds is 3. The number of ether oxygens (including phenoxy) is 1. The van der Waals surface area contributed by atoms with Gasteiger partial charge in [0.1, 0.15) is 0 Å². The first-order chi connectivity index (χ1) is 10.1. The predicted octanol–water partition coefficient (Wildman–Crippen LogP) is 1.15. The lowest BCUT2D eigenvalue weighted by Crippen LogP contribution is -2.31. The summed E-state index contributed by atoms with van der Waals surface area (Å²) in [6, 6.07) is 3.22. The number of nitrogens with zero attached hydrogens (tertiary/aromatic N) is 2. The number of esters is 1. The molecule has 1 aromatic heterocycles. The van der Waals surface area contributed by atoms with Gasteiger partial charge in [-0.15, -0.1) is 0 Å². The third-order valence-electron chi connectivity index (χ3n) is 4.25. The van der Waals surface area contributed by atoms with Crippen molar-refractivity contribution in [3.8, 4) is 0 Å². The number of amides is 2. The largest absolute Gasteiger partial charge is 0.465 e. The molecule has 2 atom stereocenters. The Kier molecular flexibility index (Phi) is 3.45. The van der Waals surface area contributed by atoms with Gasteiger partial charge >= 0.3 is 5.97 Å². The maximum atomic E-state index is 12.2. The molecule has 3 rings (SSSR count). The van der Waals surface area contributed by atoms with Crippen molar-refractivity contribution in [1.82, 2.24) is 9.88 Å². The molecule has 2 fully saturated rings. The number of likely N-dealkylation sites (tertiary alicyclic amines) is 1. The van der Waals surface area contributed by atoms with Crippen LogP contribution in [-0.2, 0) is 20.9 Å². The van der Waals surface area contributed by atoms with Crippen LogP contribution >= 0.6 is 0 Å². The van der Waals surface area contributed by atoms with Crippen molar-refractivity contribution in [3.05, 3.63) is 29.6 Å². The molecule has 1 aromatic rings. The molecule has 6 nitrogen and oxygen atoms in total. The number of methoxy groups -OCH3 is 1. The van der Waals surface area contributed by atoms with Crippen LogP contribution in [0.4, 0.5) is 0 Å². The third-order valence-corrected chi connectivity index (χ3v) is 4.25. The topological polar surface area (TPSA) is 76.6 Å². The maximum Gasteiger partial charge on any atom is 0.339 e. The smallest absolute Gasteiger partial charge is 0.339 e. The minimum absolute atomic E-state index is 0.0821. The van der Waals surface area contributed by atoms with Crippen molar-refractivity contribution >= 4 is 17.8 Å². The second-order valence-electron chi connectivity index (χ2n) is 5.44. The summed E-state index contributed by atoms with van der Waals surface area (Å²) in [6.45, 7) is 0.173. The molecule has 21 heavy (non-hydrogen) atoms. The van der Waals surface area contributed by atoms with Gasteiger partial charge in [-0.1, -0.05) is 6.42 Å². The van der Waals surface area contributed by atoms with E-state index < -0.39 is 5.97 Å². The lowest BCUT2D eigenvalue weighted by atomic mass is 10.00. The third kappa shape index (κ3) is 2.30. The van der Waals surface area contributed by atoms with Crippen molar-refractivity contribution in [1.29, 1.82) is 0 Å². The van der Waals surface area contributed by atoms with Crippen LogP contribution in [0.25, 0.3) is 0 Å². The highest BCUT2D eigenvalue weighted by molar-refractivity contribution is 6.05. The van der Waals surface area contributed by atoms with Crippen LogP contribution in [-0.4, -0.2) is 34.8 Å². The Morgan fingerprint density at radius 1 is 1.29 bits per heavy atom. The minimum Gasteiger partial charge on any atom is -0.465 e. The normalized spacial score (nSPS) is 24.3. The summed E-state index contributed by atoms with van der Waals surface area (Å²) in [6.07, 6.45) is 3.96. The van der Waals surface area contributed by atoms with Gasteiger partial charge in [0.15, 0.2) is 0 Å².